The molecule has 2 aromatic carbocycles. The van der Waals surface area contributed by atoms with E-state index in [1.807, 2.05) is 18.2 Å². The van der Waals surface area contributed by atoms with E-state index in [1.54, 1.807) is 27.0 Å². The average molecular weight is 562 g/mol. The van der Waals surface area contributed by atoms with Crippen LogP contribution in [0.3, 0.4) is 0 Å². The third-order valence-electron chi connectivity index (χ3n) is 6.38. The van der Waals surface area contributed by atoms with Gasteiger partial charge >= 0.3 is 12.3 Å². The Morgan fingerprint density at radius 2 is 1.69 bits per heavy atom. The number of carbonyl (C=O) groups is 1. The second-order valence-electron chi connectivity index (χ2n) is 10.2. The number of thiazole rings is 1. The number of alkyl halides is 3. The lowest BCUT2D eigenvalue weighted by Crippen LogP contribution is -2.53. The predicted molar refractivity (Wildman–Crippen MR) is 141 cm³/mol. The SMILES string of the molecule is CC(C)(C)N(C(=O)O)[C@H](CCc1ncc(-c2ccc3cnc(F)cc3c2)s1)[C@@H](O)c1ccc(C(F)(F)F)cc1. The van der Waals surface area contributed by atoms with Crippen molar-refractivity contribution in [3.05, 3.63) is 83.0 Å². The molecule has 206 valence electrons. The number of hydrogen-bond acceptors (Lipinski definition) is 5. The topological polar surface area (TPSA) is 86.6 Å². The van der Waals surface area contributed by atoms with Crippen LogP contribution < -0.4 is 0 Å². The largest absolute Gasteiger partial charge is 0.465 e. The summed E-state index contributed by atoms with van der Waals surface area (Å²) in [6.07, 6.45) is -3.52. The average Bonchev–Trinajstić information content (AvgIpc) is 3.33. The summed E-state index contributed by atoms with van der Waals surface area (Å²) < 4.78 is 52.7. The smallest absolute Gasteiger partial charge is 0.416 e. The summed E-state index contributed by atoms with van der Waals surface area (Å²) in [5, 5.41) is 23.4. The van der Waals surface area contributed by atoms with Gasteiger partial charge in [-0.3, -0.25) is 4.90 Å². The molecule has 39 heavy (non-hydrogen) atoms. The van der Waals surface area contributed by atoms with E-state index in [-0.39, 0.29) is 12.0 Å². The van der Waals surface area contributed by atoms with Gasteiger partial charge in [0.15, 0.2) is 0 Å². The molecule has 0 bridgehead atoms. The maximum atomic E-state index is 13.6. The van der Waals surface area contributed by atoms with Crippen molar-refractivity contribution in [1.29, 1.82) is 0 Å². The summed E-state index contributed by atoms with van der Waals surface area (Å²) in [5.74, 6) is -0.580. The number of amides is 1. The summed E-state index contributed by atoms with van der Waals surface area (Å²) in [6, 6.07) is 10.0. The standard InChI is InChI=1S/C28H27F4N3O3S/c1-27(2,3)35(26(37)38)21(25(36)16-6-8-20(9-7-16)28(30,31)32)10-11-24-34-15-22(39-24)17-4-5-18-14-33-23(29)13-19(18)12-17/h4-9,12-15,21,25,36H,10-11H2,1-3H3,(H,37,38)/t21-,25+/m1/s1. The van der Waals surface area contributed by atoms with Crippen molar-refractivity contribution in [2.45, 2.75) is 57.5 Å². The van der Waals surface area contributed by atoms with Gasteiger partial charge in [0.1, 0.15) is 0 Å². The maximum absolute atomic E-state index is 13.6. The normalized spacial score (nSPS) is 13.8. The molecule has 2 N–H and O–H groups in total. The zero-order valence-electron chi connectivity index (χ0n) is 21.4. The van der Waals surface area contributed by atoms with Gasteiger partial charge in [0.05, 0.1) is 27.6 Å². The van der Waals surface area contributed by atoms with Gasteiger partial charge in [-0.2, -0.15) is 17.6 Å². The Morgan fingerprint density at radius 3 is 2.31 bits per heavy atom. The van der Waals surface area contributed by atoms with Crippen LogP contribution in [-0.4, -0.2) is 42.8 Å². The lowest BCUT2D eigenvalue weighted by molar-refractivity contribution is -0.137. The minimum atomic E-state index is -4.53. The first-order valence-corrected chi connectivity index (χ1v) is 12.9. The fraction of sp³-hybridized carbons (Fsp3) is 0.321. The number of fused-ring (bicyclic) bond motifs is 1. The molecule has 0 spiro atoms. The number of aromatic nitrogens is 2. The lowest BCUT2D eigenvalue weighted by Gasteiger charge is -2.41. The number of aryl methyl sites for hydroxylation is 1. The van der Waals surface area contributed by atoms with Gasteiger partial charge in [0, 0.05) is 35.8 Å². The molecule has 2 heterocycles. The van der Waals surface area contributed by atoms with Crippen molar-refractivity contribution in [1.82, 2.24) is 14.9 Å². The van der Waals surface area contributed by atoms with Crippen molar-refractivity contribution in [3.63, 3.8) is 0 Å². The zero-order valence-corrected chi connectivity index (χ0v) is 22.2. The van der Waals surface area contributed by atoms with Gasteiger partial charge in [0.25, 0.3) is 0 Å². The molecule has 0 aliphatic carbocycles. The van der Waals surface area contributed by atoms with E-state index in [2.05, 4.69) is 9.97 Å². The molecular formula is C28H27F4N3O3S. The highest BCUT2D eigenvalue weighted by Gasteiger charge is 2.38. The Hall–Kier alpha value is -3.57. The number of benzene rings is 2. The molecule has 4 rings (SSSR count). The summed E-state index contributed by atoms with van der Waals surface area (Å²) >= 11 is 1.39. The highest BCUT2D eigenvalue weighted by Crippen LogP contribution is 2.35. The molecular weight excluding hydrogens is 534 g/mol. The number of halogens is 4. The Labute approximate surface area is 226 Å². The molecule has 1 amide bonds. The number of rotatable bonds is 7. The van der Waals surface area contributed by atoms with Crippen LogP contribution in [0.4, 0.5) is 22.4 Å². The molecule has 0 saturated carbocycles. The maximum Gasteiger partial charge on any atom is 0.416 e. The molecule has 0 aliphatic rings. The molecule has 2 atom stereocenters. The highest BCUT2D eigenvalue weighted by molar-refractivity contribution is 7.15. The van der Waals surface area contributed by atoms with E-state index in [0.717, 1.165) is 32.9 Å². The molecule has 4 aromatic rings. The molecule has 0 radical (unpaired) electrons. The van der Waals surface area contributed by atoms with Gasteiger partial charge in [-0.15, -0.1) is 11.3 Å². The van der Waals surface area contributed by atoms with Gasteiger partial charge < -0.3 is 10.2 Å². The predicted octanol–water partition coefficient (Wildman–Crippen LogP) is 7.33. The first kappa shape index (κ1) is 28.4. The third kappa shape index (κ3) is 6.54. The van der Waals surface area contributed by atoms with Crippen molar-refractivity contribution in [2.24, 2.45) is 0 Å². The van der Waals surface area contributed by atoms with Crippen molar-refractivity contribution in [3.8, 4) is 10.4 Å². The van der Waals surface area contributed by atoms with E-state index in [1.165, 1.54) is 35.7 Å². The Balaban J connectivity index is 1.59. The van der Waals surface area contributed by atoms with Crippen molar-refractivity contribution >= 4 is 28.2 Å². The van der Waals surface area contributed by atoms with E-state index in [9.17, 15) is 32.6 Å². The van der Waals surface area contributed by atoms with Crippen LogP contribution in [0.25, 0.3) is 21.2 Å². The quantitative estimate of drug-likeness (QED) is 0.182. The molecule has 11 heteroatoms. The van der Waals surface area contributed by atoms with Crippen LogP contribution in [0, 0.1) is 5.95 Å². The highest BCUT2D eigenvalue weighted by atomic mass is 32.1. The van der Waals surface area contributed by atoms with Crippen LogP contribution in [0.15, 0.2) is 60.9 Å². The zero-order chi connectivity index (χ0) is 28.5. The van der Waals surface area contributed by atoms with Gasteiger partial charge in [-0.05, 0) is 61.9 Å². The number of hydrogen-bond donors (Lipinski definition) is 2. The summed E-state index contributed by atoms with van der Waals surface area (Å²) in [4.78, 5) is 22.3. The van der Waals surface area contributed by atoms with Crippen LogP contribution in [0.2, 0.25) is 0 Å². The van der Waals surface area contributed by atoms with E-state index in [0.29, 0.717) is 16.8 Å². The second-order valence-corrected chi connectivity index (χ2v) is 11.3. The first-order chi connectivity index (χ1) is 18.2. The van der Waals surface area contributed by atoms with Crippen LogP contribution in [0.1, 0.15) is 49.4 Å². The Bertz CT molecular complexity index is 1470. The lowest BCUT2D eigenvalue weighted by atomic mass is 9.92. The number of nitrogens with zero attached hydrogens (tertiary/aromatic N) is 3. The minimum absolute atomic E-state index is 0.174. The van der Waals surface area contributed by atoms with Crippen molar-refractivity contribution < 1.29 is 32.6 Å². The number of carboxylic acid groups (broad SMARTS) is 1. The number of pyridine rings is 1. The van der Waals surface area contributed by atoms with Gasteiger partial charge in [-0.1, -0.05) is 24.3 Å². The van der Waals surface area contributed by atoms with Gasteiger partial charge in [0.2, 0.25) is 5.95 Å². The van der Waals surface area contributed by atoms with Crippen LogP contribution in [0.5, 0.6) is 0 Å². The fourth-order valence-electron chi connectivity index (χ4n) is 4.54. The fourth-order valence-corrected chi connectivity index (χ4v) is 5.47. The monoisotopic (exact) mass is 561 g/mol. The number of aliphatic hydroxyl groups is 1. The molecule has 2 aromatic heterocycles. The molecule has 0 aliphatic heterocycles. The molecule has 0 fully saturated rings. The Morgan fingerprint density at radius 1 is 1.00 bits per heavy atom. The number of aliphatic hydroxyl groups excluding tert-OH is 1. The molecule has 6 nitrogen and oxygen atoms in total. The summed E-state index contributed by atoms with van der Waals surface area (Å²) in [6.45, 7) is 5.06. The first-order valence-electron chi connectivity index (χ1n) is 12.1. The third-order valence-corrected chi connectivity index (χ3v) is 7.49. The van der Waals surface area contributed by atoms with E-state index < -0.39 is 41.5 Å². The van der Waals surface area contributed by atoms with E-state index >= 15 is 0 Å². The van der Waals surface area contributed by atoms with Crippen LogP contribution >= 0.6 is 11.3 Å². The summed E-state index contributed by atoms with van der Waals surface area (Å²) in [5.41, 5.74) is -0.739. The molecule has 0 saturated heterocycles. The van der Waals surface area contributed by atoms with Crippen LogP contribution in [-0.2, 0) is 12.6 Å². The van der Waals surface area contributed by atoms with E-state index in [4.69, 9.17) is 0 Å². The van der Waals surface area contributed by atoms with Crippen molar-refractivity contribution in [2.75, 3.05) is 0 Å². The minimum Gasteiger partial charge on any atom is -0.465 e. The van der Waals surface area contributed by atoms with Gasteiger partial charge in [-0.25, -0.2) is 14.8 Å². The molecule has 0 unspecified atom stereocenters. The second kappa shape index (κ2) is 10.9. The Kier molecular flexibility index (Phi) is 7.94. The summed E-state index contributed by atoms with van der Waals surface area (Å²) in [7, 11) is 0.